The fourth-order valence-electron chi connectivity index (χ4n) is 0.803. The van der Waals surface area contributed by atoms with Crippen LogP contribution in [-0.2, 0) is 4.74 Å². The van der Waals surface area contributed by atoms with E-state index in [9.17, 15) is 13.2 Å². The van der Waals surface area contributed by atoms with Crippen molar-refractivity contribution in [3.8, 4) is 0 Å². The van der Waals surface area contributed by atoms with Gasteiger partial charge in [-0.2, -0.15) is 8.78 Å². The minimum absolute atomic E-state index is 0.0471. The highest BCUT2D eigenvalue weighted by Gasteiger charge is 2.25. The molecule has 1 heterocycles. The van der Waals surface area contributed by atoms with Crippen LogP contribution >= 0.6 is 0 Å². The van der Waals surface area contributed by atoms with Gasteiger partial charge >= 0.3 is 0 Å². The Hall–Kier alpha value is -0.290. The maximum absolute atomic E-state index is 12.2. The quantitative estimate of drug-likeness (QED) is 0.520. The van der Waals surface area contributed by atoms with Crippen molar-refractivity contribution in [3.05, 3.63) is 0 Å². The first-order valence-corrected chi connectivity index (χ1v) is 2.98. The number of halogens is 3. The molecule has 60 valence electrons. The lowest BCUT2D eigenvalue weighted by molar-refractivity contribution is -0.149. The summed E-state index contributed by atoms with van der Waals surface area (Å²) < 4.78 is 40.2. The molecule has 1 aliphatic heterocycles. The van der Waals surface area contributed by atoms with Gasteiger partial charge < -0.3 is 4.74 Å². The fourth-order valence-corrected chi connectivity index (χ4v) is 0.803. The summed E-state index contributed by atoms with van der Waals surface area (Å²) in [4.78, 5) is 0.744. The van der Waals surface area contributed by atoms with Gasteiger partial charge in [-0.25, -0.2) is 9.29 Å². The molecule has 0 spiro atoms. The maximum atomic E-state index is 12.2. The van der Waals surface area contributed by atoms with Crippen LogP contribution in [0.15, 0.2) is 0 Å². The highest BCUT2D eigenvalue weighted by Crippen LogP contribution is 2.10. The normalized spacial score (nSPS) is 29.4. The molecule has 1 aliphatic rings. The predicted octanol–water partition coefficient (Wildman–Crippen LogP) is 0.837. The summed E-state index contributed by atoms with van der Waals surface area (Å²) in [7, 11) is 0. The second kappa shape index (κ2) is 3.21. The van der Waals surface area contributed by atoms with Crippen molar-refractivity contribution >= 4 is 0 Å². The van der Waals surface area contributed by atoms with E-state index < -0.39 is 12.9 Å². The number of nitrogens with zero attached hydrogens (tertiary/aromatic N) is 1. The molecule has 1 unspecified atom stereocenters. The third-order valence-electron chi connectivity index (χ3n) is 1.33. The van der Waals surface area contributed by atoms with Gasteiger partial charge in [-0.3, -0.25) is 0 Å². The number of hydrogen-bond donors (Lipinski definition) is 0. The van der Waals surface area contributed by atoms with Gasteiger partial charge in [-0.15, -0.1) is 0 Å². The van der Waals surface area contributed by atoms with E-state index in [0.717, 1.165) is 4.90 Å². The van der Waals surface area contributed by atoms with E-state index in [2.05, 4.69) is 4.74 Å². The lowest BCUT2D eigenvalue weighted by Crippen LogP contribution is -2.43. The topological polar surface area (TPSA) is 12.5 Å². The molecule has 0 aromatic carbocycles. The van der Waals surface area contributed by atoms with E-state index in [-0.39, 0.29) is 19.7 Å². The largest absolute Gasteiger partial charge is 0.346 e. The third-order valence-corrected chi connectivity index (χ3v) is 1.33. The monoisotopic (exact) mass is 155 g/mol. The molecule has 0 aromatic rings. The molecule has 5 heteroatoms. The molecule has 1 saturated heterocycles. The third kappa shape index (κ3) is 1.85. The summed E-state index contributed by atoms with van der Waals surface area (Å²) in [6, 6.07) is 0. The Kier molecular flexibility index (Phi) is 2.50. The number of ether oxygens (including phenoxy) is 1. The highest BCUT2D eigenvalue weighted by molar-refractivity contribution is 4.62. The van der Waals surface area contributed by atoms with Gasteiger partial charge in [0.15, 0.2) is 0 Å². The van der Waals surface area contributed by atoms with E-state index in [4.69, 9.17) is 0 Å². The summed E-state index contributed by atoms with van der Waals surface area (Å²) in [5.41, 5.74) is 0. The molecule has 1 atom stereocenters. The van der Waals surface area contributed by atoms with Crippen LogP contribution in [0.4, 0.5) is 13.2 Å². The fraction of sp³-hybridized carbons (Fsp3) is 1.00. The summed E-state index contributed by atoms with van der Waals surface area (Å²) in [5.74, 6) is 0. The van der Waals surface area contributed by atoms with Crippen LogP contribution < -0.4 is 0 Å². The lowest BCUT2D eigenvalue weighted by atomic mass is 10.4. The number of rotatable bonds is 1. The van der Waals surface area contributed by atoms with E-state index in [1.54, 1.807) is 0 Å². The molecule has 0 saturated carbocycles. The van der Waals surface area contributed by atoms with E-state index in [1.165, 1.54) is 0 Å². The average molecular weight is 155 g/mol. The smallest absolute Gasteiger partial charge is 0.295 e. The van der Waals surface area contributed by atoms with Crippen LogP contribution in [-0.4, -0.2) is 37.5 Å². The average Bonchev–Trinajstić information content (AvgIpc) is 1.88. The lowest BCUT2D eigenvalue weighted by Gasteiger charge is -2.27. The molecule has 10 heavy (non-hydrogen) atoms. The molecule has 0 aliphatic carbocycles. The van der Waals surface area contributed by atoms with E-state index in [1.807, 2.05) is 0 Å². The molecule has 1 rings (SSSR count). The summed E-state index contributed by atoms with van der Waals surface area (Å²) in [6.07, 6.45) is -1.55. The minimum atomic E-state index is -2.57. The van der Waals surface area contributed by atoms with Crippen molar-refractivity contribution in [2.75, 3.05) is 19.7 Å². The van der Waals surface area contributed by atoms with Crippen molar-refractivity contribution in [3.63, 3.8) is 0 Å². The molecule has 0 aromatic heterocycles. The second-order valence-electron chi connectivity index (χ2n) is 2.05. The van der Waals surface area contributed by atoms with Crippen molar-refractivity contribution < 1.29 is 17.9 Å². The van der Waals surface area contributed by atoms with Crippen molar-refractivity contribution in [2.24, 2.45) is 0 Å². The summed E-state index contributed by atoms with van der Waals surface area (Å²) >= 11 is 0. The Morgan fingerprint density at radius 1 is 1.50 bits per heavy atom. The first-order chi connectivity index (χ1) is 4.70. The van der Waals surface area contributed by atoms with Crippen LogP contribution in [0.1, 0.15) is 0 Å². The van der Waals surface area contributed by atoms with E-state index in [0.29, 0.717) is 0 Å². The van der Waals surface area contributed by atoms with Gasteiger partial charge in [0, 0.05) is 6.54 Å². The van der Waals surface area contributed by atoms with Crippen LogP contribution in [0.5, 0.6) is 0 Å². The van der Waals surface area contributed by atoms with Crippen LogP contribution in [0, 0.1) is 0 Å². The Morgan fingerprint density at radius 3 is 2.60 bits per heavy atom. The maximum Gasteiger partial charge on any atom is 0.295 e. The van der Waals surface area contributed by atoms with Crippen LogP contribution in [0.25, 0.3) is 0 Å². The summed E-state index contributed by atoms with van der Waals surface area (Å²) in [5, 5.41) is 0. The summed E-state index contributed by atoms with van der Waals surface area (Å²) in [6.45, 7) is -2.73. The Bertz CT molecular complexity index is 111. The Morgan fingerprint density at radius 2 is 2.20 bits per heavy atom. The Balaban J connectivity index is 2.32. The van der Waals surface area contributed by atoms with Gasteiger partial charge in [0.05, 0.1) is 13.2 Å². The second-order valence-corrected chi connectivity index (χ2v) is 2.05. The van der Waals surface area contributed by atoms with Gasteiger partial charge in [0.1, 0.15) is 0 Å². The molecule has 1 fully saturated rings. The zero-order valence-electron chi connectivity index (χ0n) is 5.27. The van der Waals surface area contributed by atoms with Crippen molar-refractivity contribution in [2.45, 2.75) is 12.9 Å². The molecule has 0 N–H and O–H groups in total. The molecule has 0 radical (unpaired) electrons. The molecule has 2 nitrogen and oxygen atoms in total. The molecular formula is C5H8F3NO. The minimum Gasteiger partial charge on any atom is -0.346 e. The van der Waals surface area contributed by atoms with Gasteiger partial charge in [-0.05, 0) is 0 Å². The van der Waals surface area contributed by atoms with Crippen LogP contribution in [0.3, 0.4) is 0 Å². The number of hydrogen-bond acceptors (Lipinski definition) is 2. The van der Waals surface area contributed by atoms with Gasteiger partial charge in [-0.1, -0.05) is 0 Å². The highest BCUT2D eigenvalue weighted by atomic mass is 19.3. The Labute approximate surface area is 56.6 Å². The van der Waals surface area contributed by atoms with Crippen molar-refractivity contribution in [1.29, 1.82) is 0 Å². The van der Waals surface area contributed by atoms with Gasteiger partial charge in [0.2, 0.25) is 6.36 Å². The predicted molar refractivity (Wildman–Crippen MR) is 28.4 cm³/mol. The zero-order chi connectivity index (χ0) is 7.56. The molecule has 0 amide bonds. The first-order valence-electron chi connectivity index (χ1n) is 2.98. The zero-order valence-corrected chi connectivity index (χ0v) is 5.27. The van der Waals surface area contributed by atoms with Crippen molar-refractivity contribution in [1.82, 2.24) is 4.90 Å². The molecular weight excluding hydrogens is 147 g/mol. The van der Waals surface area contributed by atoms with E-state index >= 15 is 0 Å². The SMILES string of the molecule is FC1CN(C(F)F)CCO1. The van der Waals surface area contributed by atoms with Gasteiger partial charge in [0.25, 0.3) is 6.55 Å². The number of alkyl halides is 3. The number of morpholine rings is 1. The standard InChI is InChI=1S/C5H8F3NO/c6-4-3-9(5(7)8)1-2-10-4/h4-5H,1-3H2. The van der Waals surface area contributed by atoms with Crippen LogP contribution in [0.2, 0.25) is 0 Å². The first kappa shape index (κ1) is 7.81. The molecule has 0 bridgehead atoms.